The van der Waals surface area contributed by atoms with Gasteiger partial charge >= 0.3 is 0 Å². The Morgan fingerprint density at radius 2 is 2.00 bits per heavy atom. The number of nitrogens with one attached hydrogen (secondary N) is 1. The van der Waals surface area contributed by atoms with Gasteiger partial charge in [0.05, 0.1) is 11.6 Å². The summed E-state index contributed by atoms with van der Waals surface area (Å²) in [5.41, 5.74) is 7.16. The molecule has 0 spiro atoms. The predicted octanol–water partition coefficient (Wildman–Crippen LogP) is 2.01. The molecular weight excluding hydrogens is 359 g/mol. The van der Waals surface area contributed by atoms with Crippen molar-refractivity contribution in [1.29, 1.82) is 0 Å². The number of piperidine rings is 1. The number of aromatic nitrogens is 1. The van der Waals surface area contributed by atoms with Crippen LogP contribution in [0.5, 0.6) is 0 Å². The number of primary amides is 1. The Hall–Kier alpha value is -2.54. The molecule has 1 aromatic heterocycles. The van der Waals surface area contributed by atoms with E-state index in [1.54, 1.807) is 12.3 Å². The van der Waals surface area contributed by atoms with Gasteiger partial charge in [0.2, 0.25) is 5.91 Å². The molecular formula is C21H25FN4O2. The number of benzene rings is 1. The molecule has 2 unspecified atom stereocenters. The largest absolute Gasteiger partial charge is 0.371 e. The highest BCUT2D eigenvalue weighted by Gasteiger charge is 2.35. The fraction of sp³-hybridized carbons (Fsp3) is 0.476. The first-order valence-corrected chi connectivity index (χ1v) is 9.87. The Bertz CT molecular complexity index is 895. The van der Waals surface area contributed by atoms with E-state index in [0.717, 1.165) is 55.5 Å². The van der Waals surface area contributed by atoms with E-state index in [2.05, 4.69) is 15.2 Å². The molecule has 4 rings (SSSR count). The van der Waals surface area contributed by atoms with Gasteiger partial charge in [0.1, 0.15) is 11.6 Å². The average Bonchev–Trinajstić information content (AvgIpc) is 3.16. The minimum absolute atomic E-state index is 0.00939. The molecule has 3 N–H and O–H groups in total. The maximum atomic E-state index is 13.7. The fourth-order valence-corrected chi connectivity index (χ4v) is 4.56. The first-order chi connectivity index (χ1) is 13.5. The molecule has 3 heterocycles. The van der Waals surface area contributed by atoms with Crippen molar-refractivity contribution >= 4 is 28.3 Å². The van der Waals surface area contributed by atoms with Gasteiger partial charge in [-0.05, 0) is 56.0 Å². The van der Waals surface area contributed by atoms with Crippen molar-refractivity contribution in [2.75, 3.05) is 24.5 Å². The van der Waals surface area contributed by atoms with Crippen molar-refractivity contribution in [3.05, 3.63) is 36.3 Å². The number of amides is 1. The Balaban J connectivity index is 1.40. The molecule has 2 saturated heterocycles. The maximum Gasteiger partial charge on any atom is 0.234 e. The quantitative estimate of drug-likeness (QED) is 0.823. The van der Waals surface area contributed by atoms with Crippen molar-refractivity contribution in [2.24, 2.45) is 17.6 Å². The van der Waals surface area contributed by atoms with Crippen LogP contribution >= 0.6 is 0 Å². The normalized spacial score (nSPS) is 23.2. The summed E-state index contributed by atoms with van der Waals surface area (Å²) in [5, 5.41) is 3.89. The maximum absolute atomic E-state index is 13.7. The lowest BCUT2D eigenvalue weighted by atomic mass is 9.85. The van der Waals surface area contributed by atoms with E-state index < -0.39 is 0 Å². The number of fused-ring (bicyclic) bond motifs is 1. The van der Waals surface area contributed by atoms with Crippen LogP contribution in [0.4, 0.5) is 10.1 Å². The van der Waals surface area contributed by atoms with Crippen LogP contribution in [0.15, 0.2) is 30.5 Å². The second-order valence-corrected chi connectivity index (χ2v) is 7.81. The molecule has 2 fully saturated rings. The van der Waals surface area contributed by atoms with Crippen molar-refractivity contribution in [3.8, 4) is 0 Å². The highest BCUT2D eigenvalue weighted by Crippen LogP contribution is 2.31. The zero-order valence-corrected chi connectivity index (χ0v) is 15.7. The van der Waals surface area contributed by atoms with E-state index >= 15 is 0 Å². The average molecular weight is 384 g/mol. The number of anilines is 1. The molecule has 6 nitrogen and oxygen atoms in total. The van der Waals surface area contributed by atoms with Crippen molar-refractivity contribution in [1.82, 2.24) is 10.3 Å². The smallest absolute Gasteiger partial charge is 0.234 e. The summed E-state index contributed by atoms with van der Waals surface area (Å²) in [6, 6.07) is 6.15. The van der Waals surface area contributed by atoms with E-state index in [0.29, 0.717) is 6.42 Å². The van der Waals surface area contributed by atoms with E-state index in [1.165, 1.54) is 12.1 Å². The van der Waals surface area contributed by atoms with Crippen LogP contribution in [0.1, 0.15) is 25.7 Å². The minimum Gasteiger partial charge on any atom is -0.371 e. The number of carbonyl (C=O) groups is 2. The molecule has 0 aliphatic carbocycles. The van der Waals surface area contributed by atoms with Crippen molar-refractivity contribution in [2.45, 2.75) is 31.7 Å². The number of ketones is 1. The van der Waals surface area contributed by atoms with Crippen LogP contribution in [-0.2, 0) is 9.59 Å². The molecule has 1 amide bonds. The third-order valence-corrected chi connectivity index (χ3v) is 6.09. The van der Waals surface area contributed by atoms with Crippen LogP contribution in [0, 0.1) is 17.7 Å². The standard InChI is InChI=1S/C21H25FN4O2/c22-15-1-2-17-16(12-15)18(4-8-24-17)26-9-5-13(6-10-26)19(27)11-14-3-7-25-20(14)21(23)28/h1-2,4,8,12-14,20,25H,3,5-7,9-11H2,(H2,23,28). The minimum atomic E-state index is -0.387. The third kappa shape index (κ3) is 3.71. The van der Waals surface area contributed by atoms with Crippen molar-refractivity contribution in [3.63, 3.8) is 0 Å². The fourth-order valence-electron chi connectivity index (χ4n) is 4.56. The van der Waals surface area contributed by atoms with Gasteiger partial charge in [0, 0.05) is 42.7 Å². The van der Waals surface area contributed by atoms with E-state index in [1.807, 2.05) is 6.07 Å². The molecule has 0 radical (unpaired) electrons. The van der Waals surface area contributed by atoms with Gasteiger partial charge in [-0.2, -0.15) is 0 Å². The molecule has 1 aromatic carbocycles. The van der Waals surface area contributed by atoms with Gasteiger partial charge in [-0.3, -0.25) is 14.6 Å². The Labute approximate surface area is 163 Å². The molecule has 28 heavy (non-hydrogen) atoms. The number of nitrogens with zero attached hydrogens (tertiary/aromatic N) is 2. The molecule has 2 aliphatic heterocycles. The van der Waals surface area contributed by atoms with E-state index in [9.17, 15) is 14.0 Å². The van der Waals surface area contributed by atoms with Crippen LogP contribution < -0.4 is 16.0 Å². The lowest BCUT2D eigenvalue weighted by Gasteiger charge is -2.34. The monoisotopic (exact) mass is 384 g/mol. The topological polar surface area (TPSA) is 88.3 Å². The summed E-state index contributed by atoms with van der Waals surface area (Å²) >= 11 is 0. The lowest BCUT2D eigenvalue weighted by Crippen LogP contribution is -2.42. The van der Waals surface area contributed by atoms with Gasteiger partial charge in [-0.1, -0.05) is 0 Å². The number of halogens is 1. The number of carbonyl (C=O) groups excluding carboxylic acids is 2. The van der Waals surface area contributed by atoms with Crippen LogP contribution in [0.25, 0.3) is 10.9 Å². The van der Waals surface area contributed by atoms with Gasteiger partial charge in [0.25, 0.3) is 0 Å². The Kier molecular flexibility index (Phi) is 5.26. The van der Waals surface area contributed by atoms with Crippen LogP contribution in [0.3, 0.4) is 0 Å². The summed E-state index contributed by atoms with van der Waals surface area (Å²) in [6.07, 6.45) is 4.49. The summed E-state index contributed by atoms with van der Waals surface area (Å²) < 4.78 is 13.7. The van der Waals surface area contributed by atoms with E-state index in [-0.39, 0.29) is 35.4 Å². The van der Waals surface area contributed by atoms with Crippen LogP contribution in [0.2, 0.25) is 0 Å². The molecule has 0 bridgehead atoms. The zero-order chi connectivity index (χ0) is 19.7. The zero-order valence-electron chi connectivity index (χ0n) is 15.7. The SMILES string of the molecule is NC(=O)C1NCCC1CC(=O)C1CCN(c2ccnc3ccc(F)cc23)CC1. The summed E-state index contributed by atoms with van der Waals surface area (Å²) in [6.45, 7) is 2.22. The second-order valence-electron chi connectivity index (χ2n) is 7.81. The first kappa shape index (κ1) is 18.8. The number of rotatable bonds is 5. The number of nitrogens with two attached hydrogens (primary N) is 1. The number of hydrogen-bond acceptors (Lipinski definition) is 5. The summed E-state index contributed by atoms with van der Waals surface area (Å²) in [4.78, 5) is 30.8. The summed E-state index contributed by atoms with van der Waals surface area (Å²) in [5.74, 6) is -0.404. The first-order valence-electron chi connectivity index (χ1n) is 9.87. The van der Waals surface area contributed by atoms with Crippen molar-refractivity contribution < 1.29 is 14.0 Å². The molecule has 7 heteroatoms. The molecule has 148 valence electrons. The Morgan fingerprint density at radius 3 is 2.75 bits per heavy atom. The van der Waals surface area contributed by atoms with Crippen LogP contribution in [-0.4, -0.2) is 42.4 Å². The second kappa shape index (κ2) is 7.83. The molecule has 2 aromatic rings. The highest BCUT2D eigenvalue weighted by molar-refractivity contribution is 5.92. The number of hydrogen-bond donors (Lipinski definition) is 2. The predicted molar refractivity (Wildman–Crippen MR) is 105 cm³/mol. The molecule has 0 saturated carbocycles. The number of pyridine rings is 1. The van der Waals surface area contributed by atoms with Gasteiger partial charge in [0.15, 0.2) is 0 Å². The number of Topliss-reactive ketones (excluding diaryl/α,β-unsaturated/α-hetero) is 1. The molecule has 2 atom stereocenters. The van der Waals surface area contributed by atoms with Gasteiger partial charge in [-0.25, -0.2) is 4.39 Å². The summed E-state index contributed by atoms with van der Waals surface area (Å²) in [7, 11) is 0. The lowest BCUT2D eigenvalue weighted by molar-refractivity contribution is -0.125. The Morgan fingerprint density at radius 1 is 1.21 bits per heavy atom. The third-order valence-electron chi connectivity index (χ3n) is 6.09. The van der Waals surface area contributed by atoms with Gasteiger partial charge in [-0.15, -0.1) is 0 Å². The van der Waals surface area contributed by atoms with Gasteiger partial charge < -0.3 is 16.0 Å². The van der Waals surface area contributed by atoms with E-state index in [4.69, 9.17) is 5.73 Å². The molecule has 2 aliphatic rings. The highest BCUT2D eigenvalue weighted by atomic mass is 19.1.